The molecule has 94 valence electrons. The Labute approximate surface area is 109 Å². The Kier molecular flexibility index (Phi) is 5.20. The monoisotopic (exact) mass is 277 g/mol. The van der Waals surface area contributed by atoms with Crippen LogP contribution >= 0.6 is 24.2 Å². The van der Waals surface area contributed by atoms with Crippen LogP contribution in [-0.4, -0.2) is 27.0 Å². The Balaban J connectivity index is 2.99. The summed E-state index contributed by atoms with van der Waals surface area (Å²) in [6.45, 7) is 0. The fourth-order valence-corrected chi connectivity index (χ4v) is 1.82. The lowest BCUT2D eigenvalue weighted by molar-refractivity contribution is -0.384. The van der Waals surface area contributed by atoms with Crippen molar-refractivity contribution < 1.29 is 15.1 Å². The van der Waals surface area contributed by atoms with Crippen molar-refractivity contribution in [1.82, 2.24) is 0 Å². The highest BCUT2D eigenvalue weighted by Crippen LogP contribution is 2.29. The molecule has 0 bridgehead atoms. The number of aliphatic hydroxyl groups is 2. The summed E-state index contributed by atoms with van der Waals surface area (Å²) in [6, 6.07) is 3.93. The number of benzene rings is 1. The first-order chi connectivity index (χ1) is 7.97. The topological polar surface area (TPSA) is 83.6 Å². The first kappa shape index (κ1) is 14.2. The van der Waals surface area contributed by atoms with E-state index >= 15 is 0 Å². The van der Waals surface area contributed by atoms with Gasteiger partial charge >= 0.3 is 0 Å². The van der Waals surface area contributed by atoms with Gasteiger partial charge in [-0.1, -0.05) is 17.7 Å². The van der Waals surface area contributed by atoms with E-state index in [0.717, 1.165) is 6.07 Å². The summed E-state index contributed by atoms with van der Waals surface area (Å²) in [6.07, 6.45) is -1.90. The van der Waals surface area contributed by atoms with Crippen LogP contribution in [0.4, 0.5) is 5.69 Å². The van der Waals surface area contributed by atoms with Crippen molar-refractivity contribution in [2.75, 3.05) is 5.75 Å². The minimum absolute atomic E-state index is 0.00497. The van der Waals surface area contributed by atoms with Gasteiger partial charge in [-0.25, -0.2) is 0 Å². The molecule has 2 N–H and O–H groups in total. The molecule has 0 spiro atoms. The smallest absolute Gasteiger partial charge is 0.288 e. The average molecular weight is 278 g/mol. The zero-order valence-electron chi connectivity index (χ0n) is 8.78. The molecule has 0 saturated heterocycles. The first-order valence-corrected chi connectivity index (χ1v) is 5.89. The van der Waals surface area contributed by atoms with Crippen LogP contribution in [-0.2, 0) is 0 Å². The average Bonchev–Trinajstić information content (AvgIpc) is 2.28. The molecule has 7 heteroatoms. The maximum Gasteiger partial charge on any atom is 0.288 e. The van der Waals surface area contributed by atoms with Crippen molar-refractivity contribution in [1.29, 1.82) is 0 Å². The van der Waals surface area contributed by atoms with Gasteiger partial charge in [0.2, 0.25) is 0 Å². The van der Waals surface area contributed by atoms with Gasteiger partial charge < -0.3 is 10.2 Å². The Bertz CT molecular complexity index is 415. The fraction of sp³-hybridized carbons (Fsp3) is 0.400. The van der Waals surface area contributed by atoms with Gasteiger partial charge in [0, 0.05) is 6.07 Å². The third-order valence-corrected chi connectivity index (χ3v) is 2.88. The SMILES string of the molecule is O=[N+]([O-])c1cc(C(O)C(O)CCS)ccc1Cl. The highest BCUT2D eigenvalue weighted by molar-refractivity contribution is 7.80. The lowest BCUT2D eigenvalue weighted by Gasteiger charge is -2.17. The first-order valence-electron chi connectivity index (χ1n) is 4.88. The third kappa shape index (κ3) is 3.57. The molecule has 1 aromatic rings. The van der Waals surface area contributed by atoms with E-state index in [0.29, 0.717) is 12.2 Å². The molecule has 1 rings (SSSR count). The van der Waals surface area contributed by atoms with Crippen molar-refractivity contribution in [3.63, 3.8) is 0 Å². The van der Waals surface area contributed by atoms with Gasteiger partial charge in [0.1, 0.15) is 11.1 Å². The van der Waals surface area contributed by atoms with E-state index in [1.807, 2.05) is 0 Å². The van der Waals surface area contributed by atoms with Gasteiger partial charge in [-0.15, -0.1) is 0 Å². The Hall–Kier alpha value is -0.820. The molecule has 0 fully saturated rings. The van der Waals surface area contributed by atoms with E-state index in [4.69, 9.17) is 11.6 Å². The number of halogens is 1. The van der Waals surface area contributed by atoms with Crippen LogP contribution in [0.5, 0.6) is 0 Å². The lowest BCUT2D eigenvalue weighted by atomic mass is 10.0. The maximum absolute atomic E-state index is 10.7. The molecule has 2 atom stereocenters. The van der Waals surface area contributed by atoms with E-state index in [1.165, 1.54) is 12.1 Å². The van der Waals surface area contributed by atoms with Crippen LogP contribution in [0.3, 0.4) is 0 Å². The minimum atomic E-state index is -1.18. The zero-order valence-corrected chi connectivity index (χ0v) is 10.4. The van der Waals surface area contributed by atoms with Crippen LogP contribution < -0.4 is 0 Å². The molecule has 17 heavy (non-hydrogen) atoms. The van der Waals surface area contributed by atoms with Crippen LogP contribution in [0.25, 0.3) is 0 Å². The summed E-state index contributed by atoms with van der Waals surface area (Å²) in [5, 5.41) is 30.0. The third-order valence-electron chi connectivity index (χ3n) is 2.30. The molecule has 0 aliphatic heterocycles. The van der Waals surface area contributed by atoms with Crippen molar-refractivity contribution >= 4 is 29.9 Å². The van der Waals surface area contributed by atoms with Crippen molar-refractivity contribution in [3.05, 3.63) is 38.9 Å². The molecular weight excluding hydrogens is 266 g/mol. The number of nitro benzene ring substituents is 1. The number of rotatable bonds is 5. The predicted octanol–water partition coefficient (Wildman–Crippen LogP) is 1.96. The predicted molar refractivity (Wildman–Crippen MR) is 67.5 cm³/mol. The van der Waals surface area contributed by atoms with Crippen LogP contribution in [0.15, 0.2) is 18.2 Å². The fourth-order valence-electron chi connectivity index (χ4n) is 1.37. The van der Waals surface area contributed by atoms with Gasteiger partial charge in [-0.05, 0) is 23.8 Å². The maximum atomic E-state index is 10.7. The number of hydrogen-bond donors (Lipinski definition) is 3. The number of nitro groups is 1. The molecule has 0 aliphatic rings. The zero-order chi connectivity index (χ0) is 13.0. The van der Waals surface area contributed by atoms with Crippen molar-refractivity contribution in [2.45, 2.75) is 18.6 Å². The summed E-state index contributed by atoms with van der Waals surface area (Å²) in [7, 11) is 0. The molecule has 0 aliphatic carbocycles. The van der Waals surface area contributed by atoms with E-state index in [2.05, 4.69) is 12.6 Å². The van der Waals surface area contributed by atoms with Gasteiger partial charge in [-0.3, -0.25) is 10.1 Å². The molecule has 0 heterocycles. The second kappa shape index (κ2) is 6.20. The second-order valence-corrected chi connectivity index (χ2v) is 4.35. The van der Waals surface area contributed by atoms with Crippen molar-refractivity contribution in [2.24, 2.45) is 0 Å². The van der Waals surface area contributed by atoms with Crippen LogP contribution in [0.2, 0.25) is 5.02 Å². The standard InChI is InChI=1S/C10H12ClNO4S/c11-7-2-1-6(5-8(7)12(15)16)10(14)9(13)3-4-17/h1-2,5,9-10,13-14,17H,3-4H2. The number of nitrogens with zero attached hydrogens (tertiary/aromatic N) is 1. The molecule has 1 aromatic carbocycles. The quantitative estimate of drug-likeness (QED) is 0.436. The van der Waals surface area contributed by atoms with E-state index in [1.54, 1.807) is 0 Å². The Morgan fingerprint density at radius 2 is 2.12 bits per heavy atom. The molecular formula is C10H12ClNO4S. The summed E-state index contributed by atoms with van der Waals surface area (Å²) >= 11 is 9.57. The Morgan fingerprint density at radius 1 is 1.47 bits per heavy atom. The number of thiol groups is 1. The van der Waals surface area contributed by atoms with Gasteiger partial charge in [0.15, 0.2) is 0 Å². The van der Waals surface area contributed by atoms with Crippen LogP contribution in [0.1, 0.15) is 18.1 Å². The molecule has 0 saturated carbocycles. The molecule has 0 aromatic heterocycles. The normalized spacial score (nSPS) is 14.4. The molecule has 0 amide bonds. The minimum Gasteiger partial charge on any atom is -0.390 e. The largest absolute Gasteiger partial charge is 0.390 e. The number of aliphatic hydroxyl groups excluding tert-OH is 2. The highest BCUT2D eigenvalue weighted by atomic mass is 35.5. The summed E-state index contributed by atoms with van der Waals surface area (Å²) in [5.41, 5.74) is -0.0309. The lowest BCUT2D eigenvalue weighted by Crippen LogP contribution is -2.18. The molecule has 0 radical (unpaired) electrons. The van der Waals surface area contributed by atoms with E-state index in [-0.39, 0.29) is 16.3 Å². The van der Waals surface area contributed by atoms with Gasteiger partial charge in [-0.2, -0.15) is 12.6 Å². The summed E-state index contributed by atoms with van der Waals surface area (Å²) < 4.78 is 0. The summed E-state index contributed by atoms with van der Waals surface area (Å²) in [4.78, 5) is 10.0. The number of hydrogen-bond acceptors (Lipinski definition) is 5. The Morgan fingerprint density at radius 3 is 2.65 bits per heavy atom. The van der Waals surface area contributed by atoms with E-state index in [9.17, 15) is 20.3 Å². The second-order valence-electron chi connectivity index (χ2n) is 3.49. The van der Waals surface area contributed by atoms with E-state index < -0.39 is 17.1 Å². The molecule has 2 unspecified atom stereocenters. The summed E-state index contributed by atoms with van der Waals surface area (Å²) in [5.74, 6) is 0.411. The highest BCUT2D eigenvalue weighted by Gasteiger charge is 2.21. The van der Waals surface area contributed by atoms with Crippen molar-refractivity contribution in [3.8, 4) is 0 Å². The van der Waals surface area contributed by atoms with Crippen LogP contribution in [0, 0.1) is 10.1 Å². The van der Waals surface area contributed by atoms with Gasteiger partial charge in [0.05, 0.1) is 11.0 Å². The van der Waals surface area contributed by atoms with Gasteiger partial charge in [0.25, 0.3) is 5.69 Å². The molecule has 5 nitrogen and oxygen atoms in total.